The molecule has 0 amide bonds. The van der Waals surface area contributed by atoms with Crippen LogP contribution in [0.25, 0.3) is 0 Å². The standard InChI is InChI=1S/C13H17BrFN/c1-16-13(7-4-9-2-3-9)11-8-10(14)5-6-12(11)15/h5-6,8-9,13,16H,2-4,7H2,1H3. The first kappa shape index (κ1) is 12.1. The number of nitrogens with one attached hydrogen (secondary N) is 1. The van der Waals surface area contributed by atoms with Crippen molar-refractivity contribution in [2.45, 2.75) is 31.7 Å². The molecule has 0 aliphatic heterocycles. The molecule has 1 N–H and O–H groups in total. The van der Waals surface area contributed by atoms with Gasteiger partial charge in [-0.15, -0.1) is 0 Å². The van der Waals surface area contributed by atoms with Crippen molar-refractivity contribution in [3.8, 4) is 0 Å². The van der Waals surface area contributed by atoms with Gasteiger partial charge in [-0.3, -0.25) is 0 Å². The highest BCUT2D eigenvalue weighted by molar-refractivity contribution is 9.10. The van der Waals surface area contributed by atoms with E-state index in [-0.39, 0.29) is 11.9 Å². The molecule has 1 fully saturated rings. The van der Waals surface area contributed by atoms with E-state index in [1.807, 2.05) is 13.1 Å². The van der Waals surface area contributed by atoms with Crippen LogP contribution < -0.4 is 5.32 Å². The van der Waals surface area contributed by atoms with E-state index in [0.29, 0.717) is 0 Å². The first-order valence-electron chi connectivity index (χ1n) is 5.83. The normalized spacial score (nSPS) is 17.4. The molecule has 1 aromatic carbocycles. The summed E-state index contributed by atoms with van der Waals surface area (Å²) in [7, 11) is 1.90. The van der Waals surface area contributed by atoms with E-state index < -0.39 is 0 Å². The van der Waals surface area contributed by atoms with Crippen LogP contribution in [0.1, 0.15) is 37.3 Å². The zero-order chi connectivity index (χ0) is 11.5. The third-order valence-electron chi connectivity index (χ3n) is 3.24. The molecule has 1 aromatic rings. The zero-order valence-corrected chi connectivity index (χ0v) is 11.1. The Morgan fingerprint density at radius 1 is 1.50 bits per heavy atom. The number of halogens is 2. The monoisotopic (exact) mass is 285 g/mol. The molecule has 0 radical (unpaired) electrons. The van der Waals surface area contributed by atoms with Crippen LogP contribution in [0.15, 0.2) is 22.7 Å². The van der Waals surface area contributed by atoms with Crippen molar-refractivity contribution < 1.29 is 4.39 Å². The lowest BCUT2D eigenvalue weighted by molar-refractivity contribution is 0.480. The topological polar surface area (TPSA) is 12.0 Å². The summed E-state index contributed by atoms with van der Waals surface area (Å²) in [5.41, 5.74) is 0.775. The van der Waals surface area contributed by atoms with Crippen LogP contribution in [0.5, 0.6) is 0 Å². The van der Waals surface area contributed by atoms with E-state index in [1.54, 1.807) is 6.07 Å². The molecule has 1 aliphatic rings. The maximum atomic E-state index is 13.7. The molecule has 0 saturated heterocycles. The van der Waals surface area contributed by atoms with Gasteiger partial charge in [0, 0.05) is 16.1 Å². The van der Waals surface area contributed by atoms with Crippen LogP contribution in [0.2, 0.25) is 0 Å². The fraction of sp³-hybridized carbons (Fsp3) is 0.538. The van der Waals surface area contributed by atoms with Crippen molar-refractivity contribution in [1.29, 1.82) is 0 Å². The molecular formula is C13H17BrFN. The third-order valence-corrected chi connectivity index (χ3v) is 3.74. The molecule has 1 unspecified atom stereocenters. The van der Waals surface area contributed by atoms with E-state index >= 15 is 0 Å². The third kappa shape index (κ3) is 3.05. The number of hydrogen-bond acceptors (Lipinski definition) is 1. The number of benzene rings is 1. The van der Waals surface area contributed by atoms with Crippen molar-refractivity contribution in [2.75, 3.05) is 7.05 Å². The minimum absolute atomic E-state index is 0.113. The van der Waals surface area contributed by atoms with Gasteiger partial charge in [0.1, 0.15) is 5.82 Å². The Hall–Kier alpha value is -0.410. The molecule has 0 heterocycles. The first-order valence-corrected chi connectivity index (χ1v) is 6.62. The van der Waals surface area contributed by atoms with Gasteiger partial charge < -0.3 is 5.32 Å². The Kier molecular flexibility index (Phi) is 3.98. The Balaban J connectivity index is 2.07. The van der Waals surface area contributed by atoms with Crippen LogP contribution in [-0.2, 0) is 0 Å². The van der Waals surface area contributed by atoms with Crippen LogP contribution in [0, 0.1) is 11.7 Å². The van der Waals surface area contributed by atoms with Gasteiger partial charge in [-0.1, -0.05) is 28.8 Å². The number of rotatable bonds is 5. The van der Waals surface area contributed by atoms with Gasteiger partial charge in [0.25, 0.3) is 0 Å². The summed E-state index contributed by atoms with van der Waals surface area (Å²) in [5, 5.41) is 3.21. The SMILES string of the molecule is CNC(CCC1CC1)c1cc(Br)ccc1F. The van der Waals surface area contributed by atoms with Crippen LogP contribution >= 0.6 is 15.9 Å². The predicted molar refractivity (Wildman–Crippen MR) is 67.9 cm³/mol. The van der Waals surface area contributed by atoms with Crippen molar-refractivity contribution in [3.05, 3.63) is 34.1 Å². The molecule has 1 atom stereocenters. The second kappa shape index (κ2) is 5.28. The maximum Gasteiger partial charge on any atom is 0.128 e. The minimum atomic E-state index is -0.113. The molecule has 88 valence electrons. The summed E-state index contributed by atoms with van der Waals surface area (Å²) in [6.07, 6.45) is 4.95. The minimum Gasteiger partial charge on any atom is -0.313 e. The largest absolute Gasteiger partial charge is 0.313 e. The van der Waals surface area contributed by atoms with E-state index in [1.165, 1.54) is 25.3 Å². The Morgan fingerprint density at radius 2 is 2.25 bits per heavy atom. The summed E-state index contributed by atoms with van der Waals surface area (Å²) < 4.78 is 14.6. The second-order valence-electron chi connectivity index (χ2n) is 4.53. The molecule has 16 heavy (non-hydrogen) atoms. The van der Waals surface area contributed by atoms with Gasteiger partial charge in [-0.2, -0.15) is 0 Å². The molecule has 1 nitrogen and oxygen atoms in total. The average molecular weight is 286 g/mol. The molecular weight excluding hydrogens is 269 g/mol. The summed E-state index contributed by atoms with van der Waals surface area (Å²) in [5.74, 6) is 0.782. The van der Waals surface area contributed by atoms with Crippen molar-refractivity contribution in [1.82, 2.24) is 5.32 Å². The summed E-state index contributed by atoms with van der Waals surface area (Å²) >= 11 is 3.39. The highest BCUT2D eigenvalue weighted by Gasteiger charge is 2.23. The lowest BCUT2D eigenvalue weighted by atomic mass is 10.0. The quantitative estimate of drug-likeness (QED) is 0.861. The smallest absolute Gasteiger partial charge is 0.128 e. The highest BCUT2D eigenvalue weighted by Crippen LogP contribution is 2.36. The molecule has 2 rings (SSSR count). The van der Waals surface area contributed by atoms with E-state index in [2.05, 4.69) is 21.2 Å². The predicted octanol–water partition coefficient (Wildman–Crippen LogP) is 4.04. The van der Waals surface area contributed by atoms with Gasteiger partial charge >= 0.3 is 0 Å². The lowest BCUT2D eigenvalue weighted by Gasteiger charge is -2.17. The summed E-state index contributed by atoms with van der Waals surface area (Å²) in [6, 6.07) is 5.29. The summed E-state index contributed by atoms with van der Waals surface area (Å²) in [6.45, 7) is 0. The van der Waals surface area contributed by atoms with Gasteiger partial charge in [-0.25, -0.2) is 4.39 Å². The lowest BCUT2D eigenvalue weighted by Crippen LogP contribution is -2.17. The Bertz CT molecular complexity index is 363. The van der Waals surface area contributed by atoms with Gasteiger partial charge in [0.2, 0.25) is 0 Å². The van der Waals surface area contributed by atoms with Crippen molar-refractivity contribution in [2.24, 2.45) is 5.92 Å². The van der Waals surface area contributed by atoms with Crippen LogP contribution in [0.3, 0.4) is 0 Å². The van der Waals surface area contributed by atoms with E-state index in [9.17, 15) is 4.39 Å². The Labute approximate surface area is 105 Å². The zero-order valence-electron chi connectivity index (χ0n) is 9.47. The van der Waals surface area contributed by atoms with Gasteiger partial charge in [0.05, 0.1) is 0 Å². The molecule has 0 spiro atoms. The fourth-order valence-electron chi connectivity index (χ4n) is 2.05. The van der Waals surface area contributed by atoms with Crippen LogP contribution in [-0.4, -0.2) is 7.05 Å². The highest BCUT2D eigenvalue weighted by atomic mass is 79.9. The van der Waals surface area contributed by atoms with Crippen molar-refractivity contribution >= 4 is 15.9 Å². The Morgan fingerprint density at radius 3 is 2.88 bits per heavy atom. The molecule has 0 bridgehead atoms. The fourth-order valence-corrected chi connectivity index (χ4v) is 2.42. The van der Waals surface area contributed by atoms with E-state index in [0.717, 1.165) is 22.4 Å². The van der Waals surface area contributed by atoms with Gasteiger partial charge in [-0.05, 0) is 44.0 Å². The van der Waals surface area contributed by atoms with Crippen molar-refractivity contribution in [3.63, 3.8) is 0 Å². The van der Waals surface area contributed by atoms with Gasteiger partial charge in [0.15, 0.2) is 0 Å². The summed E-state index contributed by atoms with van der Waals surface area (Å²) in [4.78, 5) is 0. The molecule has 1 saturated carbocycles. The first-order chi connectivity index (χ1) is 7.70. The van der Waals surface area contributed by atoms with Crippen LogP contribution in [0.4, 0.5) is 4.39 Å². The molecule has 3 heteroatoms. The average Bonchev–Trinajstić information content (AvgIpc) is 3.07. The molecule has 1 aliphatic carbocycles. The molecule has 0 aromatic heterocycles. The van der Waals surface area contributed by atoms with E-state index in [4.69, 9.17) is 0 Å². The maximum absolute atomic E-state index is 13.7. The number of hydrogen-bond donors (Lipinski definition) is 1. The second-order valence-corrected chi connectivity index (χ2v) is 5.44.